The van der Waals surface area contributed by atoms with Crippen LogP contribution in [0.5, 0.6) is 11.5 Å². The highest BCUT2D eigenvalue weighted by Gasteiger charge is 2.26. The van der Waals surface area contributed by atoms with E-state index in [-0.39, 0.29) is 62.8 Å². The maximum absolute atomic E-state index is 12.2. The van der Waals surface area contributed by atoms with Gasteiger partial charge in [0, 0.05) is 38.4 Å². The van der Waals surface area contributed by atoms with E-state index in [1.54, 1.807) is 72.8 Å². The molecule has 4 N–H and O–H groups in total. The van der Waals surface area contributed by atoms with Gasteiger partial charge in [0.1, 0.15) is 11.3 Å². The van der Waals surface area contributed by atoms with Crippen LogP contribution in [0.2, 0.25) is 0 Å². The number of aromatic nitrogens is 8. The van der Waals surface area contributed by atoms with E-state index in [4.69, 9.17) is 42.6 Å². The summed E-state index contributed by atoms with van der Waals surface area (Å²) in [6, 6.07) is 24.1. The lowest BCUT2D eigenvalue weighted by Crippen LogP contribution is -2.14. The topological polar surface area (TPSA) is 238 Å². The van der Waals surface area contributed by atoms with E-state index in [1.807, 2.05) is 0 Å². The summed E-state index contributed by atoms with van der Waals surface area (Å²) in [5.74, 6) is 0.00400. The summed E-state index contributed by atoms with van der Waals surface area (Å²) in [4.78, 5) is 32.0. The Kier molecular flexibility index (Phi) is 7.57. The molecule has 2 aliphatic rings. The van der Waals surface area contributed by atoms with Crippen molar-refractivity contribution in [1.82, 2.24) is 39.6 Å². The fourth-order valence-corrected chi connectivity index (χ4v) is 7.05. The quantitative estimate of drug-likeness (QED) is 0.165. The average Bonchev–Trinajstić information content (AvgIpc) is 3.83. The lowest BCUT2D eigenvalue weighted by atomic mass is 10.1. The third-order valence-corrected chi connectivity index (χ3v) is 9.11. The lowest BCUT2D eigenvalue weighted by Gasteiger charge is -2.08. The predicted octanol–water partition coefficient (Wildman–Crippen LogP) is 4.94. The Morgan fingerprint density at radius 1 is 0.519 bits per heavy atom. The van der Waals surface area contributed by atoms with E-state index in [0.717, 1.165) is 4.73 Å². The Morgan fingerprint density at radius 2 is 1.00 bits per heavy atom. The zero-order valence-electron chi connectivity index (χ0n) is 25.7. The first-order valence-electron chi connectivity index (χ1n) is 14.9. The van der Waals surface area contributed by atoms with Crippen molar-refractivity contribution in [2.24, 2.45) is 0 Å². The Bertz CT molecular complexity index is 2920. The average molecular weight is 755 g/mol. The van der Waals surface area contributed by atoms with Crippen LogP contribution in [0.25, 0.3) is 89.7 Å². The van der Waals surface area contributed by atoms with Gasteiger partial charge < -0.3 is 13.4 Å². The van der Waals surface area contributed by atoms with Gasteiger partial charge in [-0.3, -0.25) is 17.9 Å². The molecular formula is C32H18N8O9S3. The third kappa shape index (κ3) is 5.28. The van der Waals surface area contributed by atoms with Gasteiger partial charge in [-0.1, -0.05) is 72.8 Å². The molecule has 0 aliphatic carbocycles. The highest BCUT2D eigenvalue weighted by molar-refractivity contribution is 7.75. The summed E-state index contributed by atoms with van der Waals surface area (Å²) in [6.07, 6.45) is 0. The van der Waals surface area contributed by atoms with Gasteiger partial charge in [0.05, 0.1) is 5.39 Å². The molecule has 0 radical (unpaired) electrons. The van der Waals surface area contributed by atoms with Crippen molar-refractivity contribution in [1.29, 1.82) is 0 Å². The van der Waals surface area contributed by atoms with Crippen LogP contribution in [0.15, 0.2) is 84.9 Å². The molecule has 17 nitrogen and oxygen atoms in total. The number of hydrogen-bond donors (Lipinski definition) is 4. The monoisotopic (exact) mass is 754 g/mol. The summed E-state index contributed by atoms with van der Waals surface area (Å²) in [7, 11) is 0. The van der Waals surface area contributed by atoms with Crippen molar-refractivity contribution < 1.29 is 38.9 Å². The second-order valence-electron chi connectivity index (χ2n) is 11.1. The largest absolute Gasteiger partial charge is 0.377 e. The number of fused-ring (bicyclic) bond motifs is 20. The van der Waals surface area contributed by atoms with E-state index in [2.05, 4.69) is 4.98 Å². The second-order valence-corrected chi connectivity index (χ2v) is 12.9. The van der Waals surface area contributed by atoms with E-state index in [1.165, 1.54) is 12.1 Å². The Balaban J connectivity index is 1.52. The molecule has 258 valence electrons. The molecule has 7 aromatic rings. The molecular weight excluding hydrogens is 737 g/mol. The number of nitrogens with one attached hydrogen (secondary N) is 1. The molecule has 3 atom stereocenters. The molecule has 3 unspecified atom stereocenters. The van der Waals surface area contributed by atoms with Crippen LogP contribution in [0.4, 0.5) is 0 Å². The minimum atomic E-state index is -2.90. The van der Waals surface area contributed by atoms with Gasteiger partial charge in [-0.25, -0.2) is 29.9 Å². The predicted molar refractivity (Wildman–Crippen MR) is 190 cm³/mol. The van der Waals surface area contributed by atoms with Crippen molar-refractivity contribution in [2.45, 2.75) is 0 Å². The third-order valence-electron chi connectivity index (χ3n) is 8.20. The van der Waals surface area contributed by atoms with Gasteiger partial charge in [0.15, 0.2) is 46.1 Å². The molecule has 0 spiro atoms. The molecule has 0 saturated heterocycles. The number of hydrogen-bond acceptors (Lipinski definition) is 12. The van der Waals surface area contributed by atoms with Crippen LogP contribution in [0, 0.1) is 0 Å². The van der Waals surface area contributed by atoms with Gasteiger partial charge in [-0.05, 0) is 12.1 Å². The van der Waals surface area contributed by atoms with Gasteiger partial charge in [-0.2, -0.15) is 12.6 Å². The second kappa shape index (κ2) is 12.3. The SMILES string of the molecule is O=S(O)Oc1ccc2c3nc4nc(nc5c6ccccc6c(nc6nc(nc([nH]3)c2c1OS(=O)O)-c1ccccc1-6)n5OS(=O)O)-c1ccccc1-4. The summed E-state index contributed by atoms with van der Waals surface area (Å²) >= 11 is -8.53. The molecule has 8 bridgehead atoms. The minimum Gasteiger partial charge on any atom is -0.376 e. The van der Waals surface area contributed by atoms with E-state index in [0.29, 0.717) is 38.4 Å². The first-order valence-corrected chi connectivity index (χ1v) is 18.0. The van der Waals surface area contributed by atoms with Crippen LogP contribution in [-0.4, -0.2) is 65.9 Å². The van der Waals surface area contributed by atoms with Crippen LogP contribution in [0.1, 0.15) is 0 Å². The maximum atomic E-state index is 12.2. The molecule has 0 fully saturated rings. The number of nitrogens with zero attached hydrogens (tertiary/aromatic N) is 7. The highest BCUT2D eigenvalue weighted by Crippen LogP contribution is 2.42. The van der Waals surface area contributed by atoms with Gasteiger partial charge in [-0.15, -0.1) is 4.73 Å². The summed E-state index contributed by atoms with van der Waals surface area (Å²) in [6.45, 7) is 0. The molecule has 4 aromatic carbocycles. The molecule has 9 rings (SSSR count). The molecule has 5 heterocycles. The summed E-state index contributed by atoms with van der Waals surface area (Å²) < 4.78 is 82.0. The number of benzene rings is 4. The molecule has 52 heavy (non-hydrogen) atoms. The lowest BCUT2D eigenvalue weighted by molar-refractivity contribution is 0.291. The number of aromatic amines is 1. The van der Waals surface area contributed by atoms with Crippen molar-refractivity contribution in [3.8, 4) is 57.1 Å². The molecule has 3 aromatic heterocycles. The van der Waals surface area contributed by atoms with Crippen LogP contribution < -0.4 is 12.6 Å². The highest BCUT2D eigenvalue weighted by atomic mass is 32.2. The Hall–Kier alpha value is -6.03. The fraction of sp³-hybridized carbons (Fsp3) is 0. The minimum absolute atomic E-state index is 0.0289. The van der Waals surface area contributed by atoms with Crippen molar-refractivity contribution in [2.75, 3.05) is 0 Å². The van der Waals surface area contributed by atoms with Crippen molar-refractivity contribution in [3.63, 3.8) is 0 Å². The van der Waals surface area contributed by atoms with E-state index < -0.39 is 34.1 Å². The van der Waals surface area contributed by atoms with Crippen LogP contribution >= 0.6 is 0 Å². The fourth-order valence-electron chi connectivity index (χ4n) is 6.19. The Labute approximate surface area is 297 Å². The molecule has 2 aliphatic heterocycles. The molecule has 0 amide bonds. The summed E-state index contributed by atoms with van der Waals surface area (Å²) in [5.41, 5.74) is 2.69. The van der Waals surface area contributed by atoms with E-state index >= 15 is 0 Å². The van der Waals surface area contributed by atoms with Gasteiger partial charge in [0.2, 0.25) is 0 Å². The zero-order valence-corrected chi connectivity index (χ0v) is 28.2. The first-order chi connectivity index (χ1) is 25.2. The Morgan fingerprint density at radius 3 is 1.50 bits per heavy atom. The van der Waals surface area contributed by atoms with Crippen molar-refractivity contribution in [3.05, 3.63) is 84.9 Å². The smallest absolute Gasteiger partial charge is 0.376 e. The molecule has 20 heteroatoms. The maximum Gasteiger partial charge on any atom is 0.377 e. The van der Waals surface area contributed by atoms with E-state index in [9.17, 15) is 26.3 Å². The van der Waals surface area contributed by atoms with Crippen molar-refractivity contribution >= 4 is 78.2 Å². The molecule has 0 saturated carbocycles. The van der Waals surface area contributed by atoms with Crippen LogP contribution in [0.3, 0.4) is 0 Å². The zero-order chi connectivity index (χ0) is 35.7. The number of H-pyrrole nitrogens is 1. The normalized spacial score (nSPS) is 13.7. The number of rotatable bonds is 6. The first kappa shape index (κ1) is 31.9. The van der Waals surface area contributed by atoms with Crippen LogP contribution in [-0.2, 0) is 34.1 Å². The summed E-state index contributed by atoms with van der Waals surface area (Å²) in [5, 5.41) is 1.45. The van der Waals surface area contributed by atoms with Gasteiger partial charge >= 0.3 is 34.1 Å². The van der Waals surface area contributed by atoms with Gasteiger partial charge in [0.25, 0.3) is 0 Å². The standard InChI is InChI=1S/C32H18N8O9S3/c41-50(42)47-22-14-13-21-23(24(22)48-51(43)44)30-36-26-16-8-2-4-10-18(16)28(34-26)39-32-20-12-6-5-11-19(20)31(40(32)49-52(45)46)38-27-17-9-3-1-7-15(17)25(33-27)35-29(21)37-30/h1-14H,(H,41,42)(H,43,44)(H,45,46)(H,33,34,35,36,37,38,39).